The average molecular weight is 279 g/mol. The van der Waals surface area contributed by atoms with Crippen LogP contribution >= 0.6 is 0 Å². The summed E-state index contributed by atoms with van der Waals surface area (Å²) in [5.74, 6) is -0.725. The van der Waals surface area contributed by atoms with Crippen molar-refractivity contribution in [1.29, 1.82) is 0 Å². The first-order chi connectivity index (χ1) is 9.40. The molecule has 1 aliphatic rings. The lowest BCUT2D eigenvalue weighted by Crippen LogP contribution is -2.37. The second kappa shape index (κ2) is 5.64. The van der Waals surface area contributed by atoms with E-state index in [-0.39, 0.29) is 18.4 Å². The molecule has 0 aromatic carbocycles. The molecule has 1 atom stereocenters. The number of carbonyl (C=O) groups excluding carboxylic acids is 1. The van der Waals surface area contributed by atoms with Gasteiger partial charge in [0.05, 0.1) is 6.42 Å². The number of likely N-dealkylation sites (tertiary alicyclic amines) is 1. The summed E-state index contributed by atoms with van der Waals surface area (Å²) in [4.78, 5) is 25.0. The SMILES string of the molecule is CC(C)c1cc(C(=O)N2CCCC2CC(=O)O)nn1C. The van der Waals surface area contributed by atoms with Crippen LogP contribution in [-0.4, -0.2) is 44.3 Å². The van der Waals surface area contributed by atoms with Crippen molar-refractivity contribution in [1.82, 2.24) is 14.7 Å². The summed E-state index contributed by atoms with van der Waals surface area (Å²) in [5, 5.41) is 13.2. The molecule has 1 saturated heterocycles. The number of aliphatic carboxylic acids is 1. The van der Waals surface area contributed by atoms with Crippen molar-refractivity contribution in [3.05, 3.63) is 17.5 Å². The molecule has 1 amide bonds. The standard InChI is InChI=1S/C14H21N3O3/c1-9(2)12-8-11(15-16(12)3)14(20)17-6-4-5-10(17)7-13(18)19/h8-10H,4-7H2,1-3H3,(H,18,19). The third kappa shape index (κ3) is 2.84. The fraction of sp³-hybridized carbons (Fsp3) is 0.643. The Kier molecular flexibility index (Phi) is 4.11. The molecule has 110 valence electrons. The van der Waals surface area contributed by atoms with Gasteiger partial charge < -0.3 is 10.0 Å². The highest BCUT2D eigenvalue weighted by Crippen LogP contribution is 2.23. The van der Waals surface area contributed by atoms with Gasteiger partial charge in [0.25, 0.3) is 5.91 Å². The summed E-state index contributed by atoms with van der Waals surface area (Å²) in [7, 11) is 1.82. The largest absolute Gasteiger partial charge is 0.481 e. The molecule has 1 fully saturated rings. The molecule has 1 N–H and O–H groups in total. The van der Waals surface area contributed by atoms with Crippen LogP contribution in [0.4, 0.5) is 0 Å². The van der Waals surface area contributed by atoms with Gasteiger partial charge in [-0.2, -0.15) is 5.10 Å². The van der Waals surface area contributed by atoms with Crippen molar-refractivity contribution in [2.75, 3.05) is 6.54 Å². The van der Waals surface area contributed by atoms with E-state index < -0.39 is 5.97 Å². The van der Waals surface area contributed by atoms with Crippen molar-refractivity contribution < 1.29 is 14.7 Å². The van der Waals surface area contributed by atoms with Gasteiger partial charge in [0.2, 0.25) is 0 Å². The number of carbonyl (C=O) groups is 2. The number of nitrogens with zero attached hydrogens (tertiary/aromatic N) is 3. The maximum atomic E-state index is 12.5. The molecule has 6 heteroatoms. The van der Waals surface area contributed by atoms with Gasteiger partial charge in [0.1, 0.15) is 0 Å². The van der Waals surface area contributed by atoms with E-state index in [1.54, 1.807) is 9.58 Å². The molecule has 0 saturated carbocycles. The normalized spacial score (nSPS) is 18.8. The number of aryl methyl sites for hydroxylation is 1. The molecule has 0 spiro atoms. The smallest absolute Gasteiger partial charge is 0.305 e. The van der Waals surface area contributed by atoms with Gasteiger partial charge in [-0.25, -0.2) is 0 Å². The molecule has 0 aliphatic carbocycles. The zero-order chi connectivity index (χ0) is 14.9. The van der Waals surface area contributed by atoms with Gasteiger partial charge in [0.15, 0.2) is 5.69 Å². The van der Waals surface area contributed by atoms with Crippen LogP contribution in [0.3, 0.4) is 0 Å². The minimum absolute atomic E-state index is 0.00953. The van der Waals surface area contributed by atoms with E-state index in [0.29, 0.717) is 18.2 Å². The Hall–Kier alpha value is -1.85. The van der Waals surface area contributed by atoms with E-state index in [0.717, 1.165) is 18.5 Å². The van der Waals surface area contributed by atoms with Crippen LogP contribution in [0.15, 0.2) is 6.07 Å². The number of amides is 1. The summed E-state index contributed by atoms with van der Waals surface area (Å²) >= 11 is 0. The van der Waals surface area contributed by atoms with Gasteiger partial charge in [-0.05, 0) is 24.8 Å². The van der Waals surface area contributed by atoms with Crippen LogP contribution in [0.25, 0.3) is 0 Å². The van der Waals surface area contributed by atoms with E-state index in [4.69, 9.17) is 5.11 Å². The number of aromatic nitrogens is 2. The quantitative estimate of drug-likeness (QED) is 0.908. The Morgan fingerprint density at radius 1 is 1.50 bits per heavy atom. The molecule has 0 bridgehead atoms. The maximum Gasteiger partial charge on any atom is 0.305 e. The number of carboxylic acid groups (broad SMARTS) is 1. The van der Waals surface area contributed by atoms with Crippen LogP contribution in [-0.2, 0) is 11.8 Å². The Balaban J connectivity index is 2.18. The maximum absolute atomic E-state index is 12.5. The van der Waals surface area contributed by atoms with Gasteiger partial charge in [-0.3, -0.25) is 14.3 Å². The number of carboxylic acids is 1. The first-order valence-corrected chi connectivity index (χ1v) is 6.97. The van der Waals surface area contributed by atoms with E-state index in [1.807, 2.05) is 27.0 Å². The highest BCUT2D eigenvalue weighted by Gasteiger charge is 2.32. The number of hydrogen-bond donors (Lipinski definition) is 1. The zero-order valence-corrected chi connectivity index (χ0v) is 12.2. The Morgan fingerprint density at radius 2 is 2.20 bits per heavy atom. The third-order valence-corrected chi connectivity index (χ3v) is 3.77. The molecule has 1 aliphatic heterocycles. The highest BCUT2D eigenvalue weighted by atomic mass is 16.4. The lowest BCUT2D eigenvalue weighted by Gasteiger charge is -2.22. The van der Waals surface area contributed by atoms with Crippen LogP contribution in [0, 0.1) is 0 Å². The third-order valence-electron chi connectivity index (χ3n) is 3.77. The van der Waals surface area contributed by atoms with E-state index >= 15 is 0 Å². The summed E-state index contributed by atoms with van der Waals surface area (Å²) in [6, 6.07) is 1.60. The first kappa shape index (κ1) is 14.6. The molecule has 2 heterocycles. The second-order valence-electron chi connectivity index (χ2n) is 5.63. The Bertz CT molecular complexity index is 522. The number of rotatable bonds is 4. The number of hydrogen-bond acceptors (Lipinski definition) is 3. The van der Waals surface area contributed by atoms with Crippen LogP contribution in [0.5, 0.6) is 0 Å². The molecule has 0 radical (unpaired) electrons. The molecule has 1 aromatic rings. The van der Waals surface area contributed by atoms with Crippen LogP contribution < -0.4 is 0 Å². The van der Waals surface area contributed by atoms with E-state index in [2.05, 4.69) is 5.10 Å². The molecule has 2 rings (SSSR count). The fourth-order valence-electron chi connectivity index (χ4n) is 2.79. The molecule has 6 nitrogen and oxygen atoms in total. The van der Waals surface area contributed by atoms with Gasteiger partial charge >= 0.3 is 5.97 Å². The van der Waals surface area contributed by atoms with Crippen molar-refractivity contribution in [2.45, 2.75) is 45.1 Å². The fourth-order valence-corrected chi connectivity index (χ4v) is 2.79. The topological polar surface area (TPSA) is 75.4 Å². The molecule has 20 heavy (non-hydrogen) atoms. The van der Waals surface area contributed by atoms with E-state index in [9.17, 15) is 9.59 Å². The van der Waals surface area contributed by atoms with Gasteiger partial charge in [-0.1, -0.05) is 13.8 Å². The van der Waals surface area contributed by atoms with Gasteiger partial charge in [-0.15, -0.1) is 0 Å². The average Bonchev–Trinajstić information content (AvgIpc) is 2.94. The molecular weight excluding hydrogens is 258 g/mol. The summed E-state index contributed by atoms with van der Waals surface area (Å²) in [6.45, 7) is 4.72. The summed E-state index contributed by atoms with van der Waals surface area (Å²) in [5.41, 5.74) is 1.41. The molecular formula is C14H21N3O3. The predicted octanol–water partition coefficient (Wildman–Crippen LogP) is 1.62. The van der Waals surface area contributed by atoms with E-state index in [1.165, 1.54) is 0 Å². The zero-order valence-electron chi connectivity index (χ0n) is 12.2. The van der Waals surface area contributed by atoms with Crippen molar-refractivity contribution in [2.24, 2.45) is 7.05 Å². The molecule has 1 unspecified atom stereocenters. The lowest BCUT2D eigenvalue weighted by atomic mass is 10.1. The first-order valence-electron chi connectivity index (χ1n) is 6.97. The lowest BCUT2D eigenvalue weighted by molar-refractivity contribution is -0.137. The predicted molar refractivity (Wildman–Crippen MR) is 73.6 cm³/mol. The molecule has 1 aromatic heterocycles. The summed E-state index contributed by atoms with van der Waals surface area (Å²) < 4.78 is 1.72. The minimum atomic E-state index is -0.862. The van der Waals surface area contributed by atoms with Crippen molar-refractivity contribution >= 4 is 11.9 Å². The van der Waals surface area contributed by atoms with Crippen LogP contribution in [0.1, 0.15) is 55.2 Å². The Morgan fingerprint density at radius 3 is 2.75 bits per heavy atom. The monoisotopic (exact) mass is 279 g/mol. The van der Waals surface area contributed by atoms with Crippen molar-refractivity contribution in [3.63, 3.8) is 0 Å². The second-order valence-corrected chi connectivity index (χ2v) is 5.63. The Labute approximate surface area is 118 Å². The van der Waals surface area contributed by atoms with Crippen molar-refractivity contribution in [3.8, 4) is 0 Å². The minimum Gasteiger partial charge on any atom is -0.481 e. The van der Waals surface area contributed by atoms with Crippen LogP contribution in [0.2, 0.25) is 0 Å². The van der Waals surface area contributed by atoms with Gasteiger partial charge in [0, 0.05) is 25.3 Å². The highest BCUT2D eigenvalue weighted by molar-refractivity contribution is 5.93. The summed E-state index contributed by atoms with van der Waals surface area (Å²) in [6.07, 6.45) is 1.62.